The van der Waals surface area contributed by atoms with Crippen LogP contribution in [-0.4, -0.2) is 20.6 Å². The van der Waals surface area contributed by atoms with Gasteiger partial charge in [0, 0.05) is 16.2 Å². The molecule has 2 heterocycles. The molecule has 3 aromatic rings. The van der Waals surface area contributed by atoms with Gasteiger partial charge in [0.25, 0.3) is 0 Å². The number of nitrogens with zero attached hydrogens (tertiary/aromatic N) is 3. The second-order valence-corrected chi connectivity index (χ2v) is 5.62. The van der Waals surface area contributed by atoms with Gasteiger partial charge in [0.2, 0.25) is 0 Å². The lowest BCUT2D eigenvalue weighted by Crippen LogP contribution is -2.07. The Hall–Kier alpha value is -2.28. The van der Waals surface area contributed by atoms with Crippen LogP contribution in [0.5, 0.6) is 0 Å². The topological polar surface area (TPSA) is 56.5 Å². The molecule has 0 saturated carbocycles. The largest absolute Gasteiger partial charge is 0.457 e. The van der Waals surface area contributed by atoms with E-state index in [4.69, 9.17) is 4.74 Å². The minimum atomic E-state index is -0.530. The van der Waals surface area contributed by atoms with E-state index in [1.807, 2.05) is 0 Å². The number of hydrogen-bond acceptors (Lipinski definition) is 4. The molecule has 0 spiro atoms. The number of hydrogen-bond donors (Lipinski definition) is 0. The fourth-order valence-corrected chi connectivity index (χ4v) is 2.32. The Balaban J connectivity index is 1.76. The molecule has 1 aromatic carbocycles. The molecule has 0 bridgehead atoms. The van der Waals surface area contributed by atoms with Crippen LogP contribution in [0, 0.1) is 12.7 Å². The van der Waals surface area contributed by atoms with E-state index in [1.54, 1.807) is 41.8 Å². The summed E-state index contributed by atoms with van der Waals surface area (Å²) in [6.07, 6.45) is 1.60. The lowest BCUT2D eigenvalue weighted by molar-refractivity contribution is 0.0468. The van der Waals surface area contributed by atoms with E-state index in [2.05, 4.69) is 26.1 Å². The van der Waals surface area contributed by atoms with Crippen LogP contribution in [0.3, 0.4) is 0 Å². The van der Waals surface area contributed by atoms with Crippen molar-refractivity contribution in [3.8, 4) is 0 Å². The first kappa shape index (κ1) is 14.6. The molecule has 5 nitrogen and oxygen atoms in total. The van der Waals surface area contributed by atoms with Gasteiger partial charge in [-0.25, -0.2) is 9.18 Å². The number of benzene rings is 1. The molecule has 0 saturated heterocycles. The number of esters is 1. The average molecular weight is 364 g/mol. The normalized spacial score (nSPS) is 10.9. The predicted octanol–water partition coefficient (Wildman–Crippen LogP) is 3.30. The number of carbonyl (C=O) groups is 1. The van der Waals surface area contributed by atoms with Gasteiger partial charge in [-0.1, -0.05) is 22.0 Å². The zero-order chi connectivity index (χ0) is 15.7. The number of ether oxygens (including phenoxy) is 1. The molecule has 0 amide bonds. The Labute approximate surface area is 133 Å². The molecule has 0 fully saturated rings. The number of halogens is 2. The highest BCUT2D eigenvalue weighted by molar-refractivity contribution is 9.10. The van der Waals surface area contributed by atoms with Crippen LogP contribution in [0.4, 0.5) is 4.39 Å². The van der Waals surface area contributed by atoms with E-state index in [-0.39, 0.29) is 6.61 Å². The minimum absolute atomic E-state index is 0.128. The Kier molecular flexibility index (Phi) is 3.89. The molecule has 22 heavy (non-hydrogen) atoms. The number of aromatic nitrogens is 3. The van der Waals surface area contributed by atoms with Gasteiger partial charge in [-0.15, -0.1) is 10.2 Å². The van der Waals surface area contributed by atoms with Gasteiger partial charge in [-0.3, -0.25) is 4.40 Å². The Bertz CT molecular complexity index is 863. The Morgan fingerprint density at radius 2 is 2.14 bits per heavy atom. The molecule has 112 valence electrons. The SMILES string of the molecule is Cc1nnc2ccc(C(=O)OCc3ccc(Br)cc3F)cn12. The standard InChI is InChI=1S/C15H11BrFN3O2/c1-9-18-19-14-5-3-10(7-20(9)14)15(21)22-8-11-2-4-12(16)6-13(11)17/h2-7H,8H2,1H3. The Morgan fingerprint density at radius 1 is 1.32 bits per heavy atom. The van der Waals surface area contributed by atoms with E-state index in [0.29, 0.717) is 27.1 Å². The first-order chi connectivity index (χ1) is 10.5. The molecule has 0 aliphatic heterocycles. The molecule has 0 N–H and O–H groups in total. The van der Waals surface area contributed by atoms with E-state index >= 15 is 0 Å². The van der Waals surface area contributed by atoms with E-state index in [0.717, 1.165) is 0 Å². The third kappa shape index (κ3) is 2.85. The number of rotatable bonds is 3. The predicted molar refractivity (Wildman–Crippen MR) is 80.9 cm³/mol. The van der Waals surface area contributed by atoms with Crippen molar-refractivity contribution in [2.24, 2.45) is 0 Å². The number of fused-ring (bicyclic) bond motifs is 1. The summed E-state index contributed by atoms with van der Waals surface area (Å²) in [6.45, 7) is 1.66. The van der Waals surface area contributed by atoms with E-state index in [9.17, 15) is 9.18 Å². The van der Waals surface area contributed by atoms with Crippen LogP contribution >= 0.6 is 15.9 Å². The van der Waals surface area contributed by atoms with E-state index < -0.39 is 11.8 Å². The van der Waals surface area contributed by atoms with Crippen molar-refractivity contribution in [3.63, 3.8) is 0 Å². The van der Waals surface area contributed by atoms with Crippen molar-refractivity contribution < 1.29 is 13.9 Å². The lowest BCUT2D eigenvalue weighted by Gasteiger charge is -2.07. The molecule has 0 aliphatic rings. The van der Waals surface area contributed by atoms with Gasteiger partial charge in [0.05, 0.1) is 5.56 Å². The summed E-state index contributed by atoms with van der Waals surface area (Å²) in [5.41, 5.74) is 1.32. The van der Waals surface area contributed by atoms with Crippen LogP contribution in [-0.2, 0) is 11.3 Å². The van der Waals surface area contributed by atoms with Gasteiger partial charge in [0.15, 0.2) is 5.65 Å². The molecule has 7 heteroatoms. The first-order valence-electron chi connectivity index (χ1n) is 6.47. The quantitative estimate of drug-likeness (QED) is 0.670. The second-order valence-electron chi connectivity index (χ2n) is 4.71. The highest BCUT2D eigenvalue weighted by Gasteiger charge is 2.12. The number of aryl methyl sites for hydroxylation is 1. The van der Waals surface area contributed by atoms with Gasteiger partial charge < -0.3 is 4.74 Å². The smallest absolute Gasteiger partial charge is 0.339 e. The molecule has 0 atom stereocenters. The monoisotopic (exact) mass is 363 g/mol. The van der Waals surface area contributed by atoms with Crippen LogP contribution in [0.2, 0.25) is 0 Å². The molecular weight excluding hydrogens is 353 g/mol. The average Bonchev–Trinajstić information content (AvgIpc) is 2.87. The first-order valence-corrected chi connectivity index (χ1v) is 7.26. The molecule has 2 aromatic heterocycles. The van der Waals surface area contributed by atoms with Crippen molar-refractivity contribution in [3.05, 3.63) is 63.8 Å². The van der Waals surface area contributed by atoms with Crippen LogP contribution in [0.1, 0.15) is 21.7 Å². The summed E-state index contributed by atoms with van der Waals surface area (Å²) in [5, 5.41) is 7.86. The van der Waals surface area contributed by atoms with Crippen LogP contribution in [0.15, 0.2) is 41.0 Å². The maximum atomic E-state index is 13.7. The zero-order valence-corrected chi connectivity index (χ0v) is 13.2. The van der Waals surface area contributed by atoms with Crippen molar-refractivity contribution in [1.82, 2.24) is 14.6 Å². The summed E-state index contributed by atoms with van der Waals surface area (Å²) < 4.78 is 21.2. The third-order valence-electron chi connectivity index (χ3n) is 3.18. The summed E-state index contributed by atoms with van der Waals surface area (Å²) in [6, 6.07) is 7.87. The number of pyridine rings is 1. The van der Waals surface area contributed by atoms with Gasteiger partial charge >= 0.3 is 5.97 Å². The summed E-state index contributed by atoms with van der Waals surface area (Å²) in [5.74, 6) is -0.284. The maximum absolute atomic E-state index is 13.7. The molecule has 0 unspecified atom stereocenters. The maximum Gasteiger partial charge on any atom is 0.339 e. The zero-order valence-electron chi connectivity index (χ0n) is 11.6. The highest BCUT2D eigenvalue weighted by Crippen LogP contribution is 2.16. The van der Waals surface area contributed by atoms with Crippen molar-refractivity contribution in [1.29, 1.82) is 0 Å². The molecular formula is C15H11BrFN3O2. The Morgan fingerprint density at radius 3 is 2.91 bits per heavy atom. The molecule has 3 rings (SSSR count). The van der Waals surface area contributed by atoms with Crippen LogP contribution < -0.4 is 0 Å². The molecule has 0 radical (unpaired) electrons. The summed E-state index contributed by atoms with van der Waals surface area (Å²) >= 11 is 3.18. The summed E-state index contributed by atoms with van der Waals surface area (Å²) in [7, 11) is 0. The van der Waals surface area contributed by atoms with Gasteiger partial charge in [-0.05, 0) is 31.2 Å². The van der Waals surface area contributed by atoms with Crippen molar-refractivity contribution >= 4 is 27.5 Å². The van der Waals surface area contributed by atoms with Gasteiger partial charge in [0.1, 0.15) is 18.2 Å². The fraction of sp³-hybridized carbons (Fsp3) is 0.133. The lowest BCUT2D eigenvalue weighted by atomic mass is 10.2. The van der Waals surface area contributed by atoms with Gasteiger partial charge in [-0.2, -0.15) is 0 Å². The second kappa shape index (κ2) is 5.84. The third-order valence-corrected chi connectivity index (χ3v) is 3.68. The van der Waals surface area contributed by atoms with Crippen LogP contribution in [0.25, 0.3) is 5.65 Å². The minimum Gasteiger partial charge on any atom is -0.457 e. The highest BCUT2D eigenvalue weighted by atomic mass is 79.9. The van der Waals surface area contributed by atoms with E-state index in [1.165, 1.54) is 6.07 Å². The van der Waals surface area contributed by atoms with Crippen molar-refractivity contribution in [2.75, 3.05) is 0 Å². The fourth-order valence-electron chi connectivity index (χ4n) is 1.99. The van der Waals surface area contributed by atoms with Crippen molar-refractivity contribution in [2.45, 2.75) is 13.5 Å². The summed E-state index contributed by atoms with van der Waals surface area (Å²) in [4.78, 5) is 12.1. The molecule has 0 aliphatic carbocycles. The number of carbonyl (C=O) groups excluding carboxylic acids is 1.